The Bertz CT molecular complexity index is 1390. The number of ether oxygens (including phenoxy) is 4. The predicted molar refractivity (Wildman–Crippen MR) is 160 cm³/mol. The number of benzene rings is 2. The van der Waals surface area contributed by atoms with Crippen LogP contribution in [0.15, 0.2) is 60.7 Å². The minimum absolute atomic E-state index is 0.0736. The predicted octanol–water partition coefficient (Wildman–Crippen LogP) is 2.33. The number of ketones is 1. The zero-order valence-electron chi connectivity index (χ0n) is 25.8. The summed E-state index contributed by atoms with van der Waals surface area (Å²) in [6, 6.07) is 15.9. The third-order valence-corrected chi connectivity index (χ3v) is 7.47. The van der Waals surface area contributed by atoms with E-state index in [1.54, 1.807) is 60.7 Å². The Kier molecular flexibility index (Phi) is 12.8. The van der Waals surface area contributed by atoms with Crippen LogP contribution >= 0.6 is 7.82 Å². The normalized spacial score (nSPS) is 21.5. The Morgan fingerprint density at radius 2 is 1.28 bits per heavy atom. The molecule has 5 atom stereocenters. The van der Waals surface area contributed by atoms with Crippen molar-refractivity contribution >= 4 is 37.4 Å². The second-order valence-electron chi connectivity index (χ2n) is 10.9. The second-order valence-corrected chi connectivity index (χ2v) is 12.1. The van der Waals surface area contributed by atoms with Crippen LogP contribution in [0.5, 0.6) is 0 Å². The molecule has 14 nitrogen and oxygen atoms in total. The lowest BCUT2D eigenvalue weighted by Gasteiger charge is -2.51. The third kappa shape index (κ3) is 10.8. The molecule has 1 fully saturated rings. The Hall–Kier alpha value is -3.94. The summed E-state index contributed by atoms with van der Waals surface area (Å²) >= 11 is 0. The van der Waals surface area contributed by atoms with Gasteiger partial charge < -0.3 is 38.8 Å². The van der Waals surface area contributed by atoms with Crippen molar-refractivity contribution in [2.75, 3.05) is 0 Å². The minimum Gasteiger partial charge on any atom is -0.456 e. The number of phosphoric acid groups is 1. The second kappa shape index (κ2) is 16.1. The van der Waals surface area contributed by atoms with E-state index in [9.17, 15) is 38.3 Å². The van der Waals surface area contributed by atoms with Crippen molar-refractivity contribution in [2.45, 2.75) is 89.6 Å². The van der Waals surface area contributed by atoms with Crippen molar-refractivity contribution in [1.82, 2.24) is 5.32 Å². The van der Waals surface area contributed by atoms with Crippen LogP contribution in [0.3, 0.4) is 0 Å². The van der Waals surface area contributed by atoms with Crippen LogP contribution in [0, 0.1) is 0 Å². The molecule has 1 heterocycles. The highest BCUT2D eigenvalue weighted by Gasteiger charge is 2.60. The first-order valence-electron chi connectivity index (χ1n) is 14.4. The first-order valence-corrected chi connectivity index (χ1v) is 15.9. The van der Waals surface area contributed by atoms with E-state index in [0.717, 1.165) is 20.8 Å². The maximum atomic E-state index is 12.9. The molecule has 1 aliphatic heterocycles. The quantitative estimate of drug-likeness (QED) is 0.151. The molecule has 0 aromatic heterocycles. The maximum Gasteiger partial charge on any atom is 0.472 e. The van der Waals surface area contributed by atoms with E-state index in [0.29, 0.717) is 11.1 Å². The van der Waals surface area contributed by atoms with Gasteiger partial charge in [0.2, 0.25) is 5.91 Å². The number of amides is 1. The number of carbonyl (C=O) groups is 5. The van der Waals surface area contributed by atoms with Crippen LogP contribution in [0.4, 0.5) is 0 Å². The summed E-state index contributed by atoms with van der Waals surface area (Å²) in [6.07, 6.45) is -7.59. The van der Waals surface area contributed by atoms with Gasteiger partial charge in [-0.05, 0) is 18.1 Å². The van der Waals surface area contributed by atoms with Crippen LogP contribution in [0.1, 0.15) is 51.7 Å². The minimum atomic E-state index is -5.38. The number of nitrogens with one attached hydrogen (secondary N) is 1. The van der Waals surface area contributed by atoms with E-state index in [-0.39, 0.29) is 31.5 Å². The zero-order valence-corrected chi connectivity index (χ0v) is 26.7. The molecule has 3 N–H and O–H groups in total. The van der Waals surface area contributed by atoms with Gasteiger partial charge in [0.25, 0.3) is 0 Å². The van der Waals surface area contributed by atoms with Crippen LogP contribution < -0.4 is 5.32 Å². The molecule has 0 radical (unpaired) electrons. The molecule has 3 rings (SSSR count). The molecule has 15 heteroatoms. The van der Waals surface area contributed by atoms with Crippen molar-refractivity contribution in [2.24, 2.45) is 0 Å². The van der Waals surface area contributed by atoms with Crippen LogP contribution in [-0.4, -0.2) is 75.6 Å². The number of phosphoric ester groups is 1. The molecule has 2 aromatic carbocycles. The van der Waals surface area contributed by atoms with Crippen LogP contribution in [-0.2, 0) is 64.9 Å². The summed E-state index contributed by atoms with van der Waals surface area (Å²) in [7, 11) is -5.38. The lowest BCUT2D eigenvalue weighted by molar-refractivity contribution is -0.290. The number of hydrogen-bond acceptors (Lipinski definition) is 11. The van der Waals surface area contributed by atoms with Gasteiger partial charge in [-0.3, -0.25) is 23.7 Å². The van der Waals surface area contributed by atoms with E-state index in [1.165, 1.54) is 6.92 Å². The first kappa shape index (κ1) is 36.5. The molecule has 0 saturated carbocycles. The fourth-order valence-corrected chi connectivity index (χ4v) is 5.85. The topological polar surface area (TPSA) is 201 Å². The summed E-state index contributed by atoms with van der Waals surface area (Å²) in [5.41, 5.74) is -0.505. The Labute approximate surface area is 265 Å². The monoisotopic (exact) mass is 663 g/mol. The lowest BCUT2D eigenvalue weighted by Crippen LogP contribution is -2.71. The van der Waals surface area contributed by atoms with Gasteiger partial charge in [0.1, 0.15) is 23.5 Å². The molecule has 0 bridgehead atoms. The Balaban J connectivity index is 2.28. The fraction of sp³-hybridized carbons (Fsp3) is 0.452. The molecule has 2 aromatic rings. The largest absolute Gasteiger partial charge is 0.472 e. The average Bonchev–Trinajstić information content (AvgIpc) is 2.94. The van der Waals surface area contributed by atoms with Gasteiger partial charge in [0.15, 0.2) is 18.5 Å². The van der Waals surface area contributed by atoms with Gasteiger partial charge in [-0.25, -0.2) is 4.57 Å². The highest BCUT2D eigenvalue weighted by Crippen LogP contribution is 2.44. The van der Waals surface area contributed by atoms with E-state index in [4.69, 9.17) is 23.5 Å². The number of esters is 3. The van der Waals surface area contributed by atoms with Crippen molar-refractivity contribution in [3.8, 4) is 0 Å². The average molecular weight is 664 g/mol. The standard InChI is InChI=1S/C31H38NO13P/c1-19(33)15-16-25(37)32-26-27(41-20(2)34)28(42-21(3)35)29(43-30(26)45-46(38,39)40)31(44-22(4)36,17-23-11-7-5-8-12-23)18-24-13-9-6-10-14-24/h5-14,26-30H,15-18H2,1-4H3,(H,32,37)(H2,38,39,40)/t26-,27-,28+,29+,30?/m1/s1. The van der Waals surface area contributed by atoms with Crippen molar-refractivity contribution in [3.63, 3.8) is 0 Å². The van der Waals surface area contributed by atoms with Gasteiger partial charge in [-0.15, -0.1) is 0 Å². The summed E-state index contributed by atoms with van der Waals surface area (Å²) in [5.74, 6) is -3.64. The molecule has 46 heavy (non-hydrogen) atoms. The van der Waals surface area contributed by atoms with Gasteiger partial charge in [0.05, 0.1) is 0 Å². The molecule has 1 saturated heterocycles. The van der Waals surface area contributed by atoms with Crippen molar-refractivity contribution in [3.05, 3.63) is 71.8 Å². The van der Waals surface area contributed by atoms with Crippen molar-refractivity contribution < 1.29 is 61.8 Å². The molecular weight excluding hydrogens is 625 g/mol. The Morgan fingerprint density at radius 3 is 1.72 bits per heavy atom. The fourth-order valence-electron chi connectivity index (χ4n) is 5.40. The number of rotatable bonds is 14. The number of carbonyl (C=O) groups excluding carboxylic acids is 5. The van der Waals surface area contributed by atoms with Crippen LogP contribution in [0.25, 0.3) is 0 Å². The molecule has 0 aliphatic carbocycles. The van der Waals surface area contributed by atoms with E-state index >= 15 is 0 Å². The van der Waals surface area contributed by atoms with E-state index < -0.39 is 67.9 Å². The van der Waals surface area contributed by atoms with Gasteiger partial charge in [-0.1, -0.05) is 60.7 Å². The molecule has 250 valence electrons. The Morgan fingerprint density at radius 1 is 0.783 bits per heavy atom. The maximum absolute atomic E-state index is 12.9. The first-order chi connectivity index (χ1) is 21.6. The van der Waals surface area contributed by atoms with Gasteiger partial charge in [0, 0.05) is 46.5 Å². The van der Waals surface area contributed by atoms with Crippen molar-refractivity contribution in [1.29, 1.82) is 0 Å². The molecular formula is C31H38NO13P. The molecule has 1 aliphatic rings. The summed E-state index contributed by atoms with van der Waals surface area (Å²) in [5, 5.41) is 2.46. The van der Waals surface area contributed by atoms with Gasteiger partial charge >= 0.3 is 25.7 Å². The van der Waals surface area contributed by atoms with Gasteiger partial charge in [-0.2, -0.15) is 0 Å². The smallest absolute Gasteiger partial charge is 0.456 e. The highest BCUT2D eigenvalue weighted by molar-refractivity contribution is 7.46. The number of hydrogen-bond donors (Lipinski definition) is 3. The highest BCUT2D eigenvalue weighted by atomic mass is 31.2. The summed E-state index contributed by atoms with van der Waals surface area (Å²) in [6.45, 7) is 4.53. The number of Topliss-reactive ketones (excluding diaryl/α,β-unsaturated/α-hetero) is 1. The molecule has 1 amide bonds. The SMILES string of the molecule is CC(=O)CCC(=O)N[C@H]1C(OP(=O)(O)O)O[C@H](C(Cc2ccccc2)(Cc2ccccc2)OC(C)=O)[C@@H](OC(C)=O)[C@@H]1OC(C)=O. The molecule has 0 spiro atoms. The zero-order chi connectivity index (χ0) is 34.1. The van der Waals surface area contributed by atoms with Crippen LogP contribution in [0.2, 0.25) is 0 Å². The summed E-state index contributed by atoms with van der Waals surface area (Å²) in [4.78, 5) is 82.0. The lowest BCUT2D eigenvalue weighted by atomic mass is 9.77. The summed E-state index contributed by atoms with van der Waals surface area (Å²) < 4.78 is 40.7. The third-order valence-electron chi connectivity index (χ3n) is 6.99. The van der Waals surface area contributed by atoms with E-state index in [2.05, 4.69) is 5.32 Å². The van der Waals surface area contributed by atoms with E-state index in [1.807, 2.05) is 0 Å². The molecule has 1 unspecified atom stereocenters.